The summed E-state index contributed by atoms with van der Waals surface area (Å²) in [4.78, 5) is 4.19. The molecule has 0 aliphatic heterocycles. The molecule has 1 aliphatic carbocycles. The van der Waals surface area contributed by atoms with Gasteiger partial charge in [0.2, 0.25) is 0 Å². The monoisotopic (exact) mass is 226 g/mol. The lowest BCUT2D eigenvalue weighted by Gasteiger charge is -2.27. The molecule has 0 bridgehead atoms. The van der Waals surface area contributed by atoms with E-state index in [4.69, 9.17) is 5.73 Å². The summed E-state index contributed by atoms with van der Waals surface area (Å²) in [6, 6.07) is 9.11. The van der Waals surface area contributed by atoms with Gasteiger partial charge in [-0.3, -0.25) is 4.98 Å². The molecule has 0 atom stereocenters. The molecule has 2 aromatic rings. The van der Waals surface area contributed by atoms with Gasteiger partial charge >= 0.3 is 0 Å². The molecule has 0 radical (unpaired) electrons. The topological polar surface area (TPSA) is 38.9 Å². The summed E-state index contributed by atoms with van der Waals surface area (Å²) in [5.74, 6) is 0.681. The van der Waals surface area contributed by atoms with Crippen molar-refractivity contribution < 1.29 is 0 Å². The minimum Gasteiger partial charge on any atom is -0.328 e. The molecule has 3 rings (SSSR count). The van der Waals surface area contributed by atoms with Crippen LogP contribution in [0.3, 0.4) is 0 Å². The maximum atomic E-state index is 5.98. The fourth-order valence-corrected chi connectivity index (χ4v) is 2.93. The molecule has 0 saturated heterocycles. The Hall–Kier alpha value is -1.41. The molecule has 1 aromatic carbocycles. The number of rotatable bonds is 1. The second-order valence-corrected chi connectivity index (χ2v) is 5.06. The molecule has 2 nitrogen and oxygen atoms in total. The number of nitrogens with zero attached hydrogens (tertiary/aromatic N) is 1. The average Bonchev–Trinajstić information content (AvgIpc) is 2.39. The summed E-state index contributed by atoms with van der Waals surface area (Å²) < 4.78 is 0. The van der Waals surface area contributed by atoms with Crippen molar-refractivity contribution in [1.29, 1.82) is 0 Å². The maximum absolute atomic E-state index is 5.98. The lowest BCUT2D eigenvalue weighted by Crippen LogP contribution is -2.25. The summed E-state index contributed by atoms with van der Waals surface area (Å²) in [6.07, 6.45) is 8.61. The summed E-state index contributed by atoms with van der Waals surface area (Å²) in [6.45, 7) is 0. The zero-order valence-corrected chi connectivity index (χ0v) is 9.97. The van der Waals surface area contributed by atoms with E-state index in [-0.39, 0.29) is 0 Å². The fourth-order valence-electron chi connectivity index (χ4n) is 2.93. The first-order valence-corrected chi connectivity index (χ1v) is 6.43. The van der Waals surface area contributed by atoms with Crippen LogP contribution in [0.2, 0.25) is 0 Å². The van der Waals surface area contributed by atoms with E-state index >= 15 is 0 Å². The van der Waals surface area contributed by atoms with E-state index in [0.29, 0.717) is 12.0 Å². The molecule has 0 amide bonds. The molecular formula is C15H18N2. The van der Waals surface area contributed by atoms with E-state index in [0.717, 1.165) is 12.8 Å². The van der Waals surface area contributed by atoms with Crippen LogP contribution in [0.15, 0.2) is 36.7 Å². The lowest BCUT2D eigenvalue weighted by molar-refractivity contribution is 0.397. The highest BCUT2D eigenvalue weighted by Gasteiger charge is 2.21. The van der Waals surface area contributed by atoms with Gasteiger partial charge in [0.1, 0.15) is 0 Å². The molecule has 0 unspecified atom stereocenters. The predicted octanol–water partition coefficient (Wildman–Crippen LogP) is 3.22. The second-order valence-electron chi connectivity index (χ2n) is 5.06. The van der Waals surface area contributed by atoms with Crippen molar-refractivity contribution in [3.05, 3.63) is 42.2 Å². The second kappa shape index (κ2) is 4.46. The zero-order chi connectivity index (χ0) is 11.7. The summed E-state index contributed by atoms with van der Waals surface area (Å²) >= 11 is 0. The molecule has 1 heterocycles. The first-order valence-electron chi connectivity index (χ1n) is 6.43. The standard InChI is InChI=1S/C15H18N2/c16-13-6-4-11(5-7-13)14-3-1-2-12-10-17-9-8-15(12)14/h1-3,8-11,13H,4-7,16H2. The summed E-state index contributed by atoms with van der Waals surface area (Å²) in [5, 5.41) is 2.61. The third kappa shape index (κ3) is 2.05. The number of hydrogen-bond acceptors (Lipinski definition) is 2. The van der Waals surface area contributed by atoms with Crippen LogP contribution in [-0.2, 0) is 0 Å². The minimum atomic E-state index is 0.419. The van der Waals surface area contributed by atoms with Crippen LogP contribution in [0.25, 0.3) is 10.8 Å². The molecule has 0 spiro atoms. The number of aromatic nitrogens is 1. The number of fused-ring (bicyclic) bond motifs is 1. The molecule has 1 aromatic heterocycles. The first kappa shape index (κ1) is 10.7. The molecule has 17 heavy (non-hydrogen) atoms. The average molecular weight is 226 g/mol. The van der Waals surface area contributed by atoms with Crippen LogP contribution in [0.5, 0.6) is 0 Å². The summed E-state index contributed by atoms with van der Waals surface area (Å²) in [7, 11) is 0. The van der Waals surface area contributed by atoms with E-state index in [1.807, 2.05) is 12.4 Å². The lowest BCUT2D eigenvalue weighted by atomic mass is 9.80. The molecule has 88 valence electrons. The Balaban J connectivity index is 2.00. The van der Waals surface area contributed by atoms with Gasteiger partial charge in [0.25, 0.3) is 0 Å². The van der Waals surface area contributed by atoms with Crippen LogP contribution in [-0.4, -0.2) is 11.0 Å². The Morgan fingerprint density at radius 3 is 2.71 bits per heavy atom. The number of nitrogens with two attached hydrogens (primary N) is 1. The van der Waals surface area contributed by atoms with Gasteiger partial charge in [-0.1, -0.05) is 18.2 Å². The predicted molar refractivity (Wildman–Crippen MR) is 70.9 cm³/mol. The van der Waals surface area contributed by atoms with Gasteiger partial charge in [-0.05, 0) is 48.6 Å². The van der Waals surface area contributed by atoms with Crippen LogP contribution < -0.4 is 5.73 Å². The van der Waals surface area contributed by atoms with E-state index in [9.17, 15) is 0 Å². The fraction of sp³-hybridized carbons (Fsp3) is 0.400. The van der Waals surface area contributed by atoms with Crippen molar-refractivity contribution in [2.45, 2.75) is 37.6 Å². The third-order valence-electron chi connectivity index (χ3n) is 3.93. The van der Waals surface area contributed by atoms with Gasteiger partial charge in [0, 0.05) is 23.8 Å². The van der Waals surface area contributed by atoms with Crippen molar-refractivity contribution in [3.63, 3.8) is 0 Å². The number of hydrogen-bond donors (Lipinski definition) is 1. The quantitative estimate of drug-likeness (QED) is 0.811. The number of pyridine rings is 1. The van der Waals surface area contributed by atoms with Gasteiger partial charge in [-0.25, -0.2) is 0 Å². The van der Waals surface area contributed by atoms with Crippen LogP contribution in [0.1, 0.15) is 37.2 Å². The highest BCUT2D eigenvalue weighted by molar-refractivity contribution is 5.85. The van der Waals surface area contributed by atoms with Crippen molar-refractivity contribution in [2.24, 2.45) is 5.73 Å². The minimum absolute atomic E-state index is 0.419. The van der Waals surface area contributed by atoms with Crippen molar-refractivity contribution in [1.82, 2.24) is 4.98 Å². The Morgan fingerprint density at radius 1 is 1.06 bits per heavy atom. The molecule has 1 aliphatic rings. The van der Waals surface area contributed by atoms with Gasteiger partial charge in [0.05, 0.1) is 0 Å². The Labute approximate surface area is 102 Å². The van der Waals surface area contributed by atoms with Gasteiger partial charge < -0.3 is 5.73 Å². The van der Waals surface area contributed by atoms with E-state index in [2.05, 4.69) is 29.2 Å². The van der Waals surface area contributed by atoms with E-state index in [1.54, 1.807) is 0 Å². The van der Waals surface area contributed by atoms with E-state index in [1.165, 1.54) is 29.2 Å². The first-order chi connectivity index (χ1) is 8.34. The maximum Gasteiger partial charge on any atom is 0.0346 e. The summed E-state index contributed by atoms with van der Waals surface area (Å²) in [5.41, 5.74) is 7.46. The van der Waals surface area contributed by atoms with Crippen LogP contribution in [0, 0.1) is 0 Å². The molecule has 1 saturated carbocycles. The molecule has 2 heteroatoms. The normalized spacial score (nSPS) is 25.0. The molecule has 2 N–H and O–H groups in total. The smallest absolute Gasteiger partial charge is 0.0346 e. The SMILES string of the molecule is NC1CCC(c2cccc3cnccc23)CC1. The molecular weight excluding hydrogens is 208 g/mol. The number of benzene rings is 1. The zero-order valence-electron chi connectivity index (χ0n) is 9.97. The third-order valence-corrected chi connectivity index (χ3v) is 3.93. The van der Waals surface area contributed by atoms with Crippen LogP contribution >= 0.6 is 0 Å². The highest BCUT2D eigenvalue weighted by atomic mass is 14.6. The highest BCUT2D eigenvalue weighted by Crippen LogP contribution is 2.35. The van der Waals surface area contributed by atoms with E-state index < -0.39 is 0 Å². The Bertz CT molecular complexity index is 508. The largest absolute Gasteiger partial charge is 0.328 e. The Morgan fingerprint density at radius 2 is 1.88 bits per heavy atom. The van der Waals surface area contributed by atoms with Gasteiger partial charge in [0.15, 0.2) is 0 Å². The van der Waals surface area contributed by atoms with Crippen LogP contribution in [0.4, 0.5) is 0 Å². The van der Waals surface area contributed by atoms with Crippen molar-refractivity contribution in [3.8, 4) is 0 Å². The van der Waals surface area contributed by atoms with Gasteiger partial charge in [-0.15, -0.1) is 0 Å². The van der Waals surface area contributed by atoms with Crippen molar-refractivity contribution in [2.75, 3.05) is 0 Å². The van der Waals surface area contributed by atoms with Gasteiger partial charge in [-0.2, -0.15) is 0 Å². The molecule has 1 fully saturated rings. The van der Waals surface area contributed by atoms with Crippen molar-refractivity contribution >= 4 is 10.8 Å². The Kier molecular flexibility index (Phi) is 2.81.